The number of alkyl halides is 3. The van der Waals surface area contributed by atoms with Gasteiger partial charge in [0.25, 0.3) is 5.91 Å². The second kappa shape index (κ2) is 7.33. The molecule has 0 aliphatic heterocycles. The van der Waals surface area contributed by atoms with Crippen LogP contribution in [-0.2, 0) is 0 Å². The molecule has 3 rings (SSSR count). The van der Waals surface area contributed by atoms with Gasteiger partial charge in [0.05, 0.1) is 17.1 Å². The number of carbonyl (C=O) groups is 1. The average molecular weight is 389 g/mol. The van der Waals surface area contributed by atoms with Crippen molar-refractivity contribution in [3.05, 3.63) is 40.4 Å². The Balaban J connectivity index is 1.67. The fraction of sp³-hybridized carbons (Fsp3) is 0.412. The second-order valence-electron chi connectivity index (χ2n) is 6.09. The van der Waals surface area contributed by atoms with Gasteiger partial charge in [-0.2, -0.15) is 13.2 Å². The maximum Gasteiger partial charge on any atom is 0.391 e. The van der Waals surface area contributed by atoms with Gasteiger partial charge < -0.3 is 5.32 Å². The van der Waals surface area contributed by atoms with E-state index in [1.165, 1.54) is 17.5 Å². The number of nitrogens with zero attached hydrogens (tertiary/aromatic N) is 1. The number of aromatic nitrogens is 1. The smallest absolute Gasteiger partial charge is 0.349 e. The van der Waals surface area contributed by atoms with Gasteiger partial charge in [0, 0.05) is 11.6 Å². The maximum atomic E-state index is 12.9. The van der Waals surface area contributed by atoms with Crippen LogP contribution in [-0.4, -0.2) is 23.1 Å². The number of benzene rings is 1. The number of hydrogen-bond acceptors (Lipinski definition) is 3. The summed E-state index contributed by atoms with van der Waals surface area (Å²) in [4.78, 5) is 16.9. The van der Waals surface area contributed by atoms with Crippen LogP contribution in [0.2, 0.25) is 5.02 Å². The van der Waals surface area contributed by atoms with Crippen molar-refractivity contribution in [1.82, 2.24) is 10.3 Å². The topological polar surface area (TPSA) is 42.0 Å². The molecule has 0 saturated heterocycles. The molecule has 1 aromatic carbocycles. The number of rotatable bonds is 3. The first-order chi connectivity index (χ1) is 11.8. The normalized spacial score (nSPS) is 21.1. The zero-order valence-electron chi connectivity index (χ0n) is 13.1. The van der Waals surface area contributed by atoms with E-state index < -0.39 is 18.1 Å². The first-order valence-electron chi connectivity index (χ1n) is 7.93. The highest BCUT2D eigenvalue weighted by Gasteiger charge is 2.42. The number of hydrogen-bond donors (Lipinski definition) is 1. The van der Waals surface area contributed by atoms with Crippen LogP contribution in [0.3, 0.4) is 0 Å². The lowest BCUT2D eigenvalue weighted by atomic mass is 9.85. The summed E-state index contributed by atoms with van der Waals surface area (Å²) in [6.45, 7) is 0. The molecule has 1 amide bonds. The van der Waals surface area contributed by atoms with Crippen LogP contribution in [0.5, 0.6) is 0 Å². The van der Waals surface area contributed by atoms with Crippen molar-refractivity contribution in [2.24, 2.45) is 5.92 Å². The third kappa shape index (κ3) is 4.33. The van der Waals surface area contributed by atoms with Gasteiger partial charge in [0.1, 0.15) is 9.88 Å². The molecular weight excluding hydrogens is 373 g/mol. The van der Waals surface area contributed by atoms with Gasteiger partial charge in [-0.3, -0.25) is 4.79 Å². The first kappa shape index (κ1) is 18.2. The van der Waals surface area contributed by atoms with E-state index in [2.05, 4.69) is 10.3 Å². The van der Waals surface area contributed by atoms with Crippen LogP contribution >= 0.6 is 22.9 Å². The van der Waals surface area contributed by atoms with Crippen LogP contribution in [0.15, 0.2) is 30.5 Å². The lowest BCUT2D eigenvalue weighted by Gasteiger charge is -2.30. The minimum absolute atomic E-state index is 0.0641. The summed E-state index contributed by atoms with van der Waals surface area (Å²) in [6.07, 6.45) is -1.68. The molecule has 0 bridgehead atoms. The highest BCUT2D eigenvalue weighted by molar-refractivity contribution is 7.17. The van der Waals surface area contributed by atoms with E-state index in [-0.39, 0.29) is 18.7 Å². The Morgan fingerprint density at radius 2 is 2.04 bits per heavy atom. The molecular formula is C17H16ClF3N2OS. The summed E-state index contributed by atoms with van der Waals surface area (Å²) >= 11 is 7.29. The van der Waals surface area contributed by atoms with Gasteiger partial charge in [-0.25, -0.2) is 4.98 Å². The van der Waals surface area contributed by atoms with E-state index in [9.17, 15) is 18.0 Å². The Hall–Kier alpha value is -1.60. The minimum atomic E-state index is -4.20. The van der Waals surface area contributed by atoms with Gasteiger partial charge in [0.15, 0.2) is 0 Å². The van der Waals surface area contributed by atoms with Gasteiger partial charge >= 0.3 is 6.18 Å². The van der Waals surface area contributed by atoms with Crippen molar-refractivity contribution in [3.8, 4) is 10.6 Å². The van der Waals surface area contributed by atoms with Crippen molar-refractivity contribution in [2.45, 2.75) is 37.9 Å². The zero-order chi connectivity index (χ0) is 18.0. The predicted octanol–water partition coefficient (Wildman–Crippen LogP) is 5.31. The number of nitrogens with one attached hydrogen (secondary N) is 1. The molecule has 1 aromatic heterocycles. The zero-order valence-corrected chi connectivity index (χ0v) is 14.7. The molecule has 0 radical (unpaired) electrons. The van der Waals surface area contributed by atoms with E-state index in [0.29, 0.717) is 27.7 Å². The minimum Gasteiger partial charge on any atom is -0.349 e. The van der Waals surface area contributed by atoms with E-state index in [1.54, 1.807) is 18.2 Å². The van der Waals surface area contributed by atoms with E-state index in [1.807, 2.05) is 6.07 Å². The highest BCUT2D eigenvalue weighted by atomic mass is 35.5. The summed E-state index contributed by atoms with van der Waals surface area (Å²) in [5, 5.41) is 3.85. The molecule has 2 unspecified atom stereocenters. The molecule has 8 heteroatoms. The summed E-state index contributed by atoms with van der Waals surface area (Å²) in [7, 11) is 0. The first-order valence-corrected chi connectivity index (χ1v) is 9.12. The number of halogens is 4. The number of amides is 1. The Morgan fingerprint density at radius 1 is 1.28 bits per heavy atom. The SMILES string of the molecule is O=C(NC1CCCC(C(F)(F)F)C1)c1cnc(-c2ccccc2Cl)s1. The van der Waals surface area contributed by atoms with Crippen molar-refractivity contribution >= 4 is 28.8 Å². The lowest BCUT2D eigenvalue weighted by molar-refractivity contribution is -0.183. The average Bonchev–Trinajstić information content (AvgIpc) is 3.04. The Bertz CT molecular complexity index is 762. The highest BCUT2D eigenvalue weighted by Crippen LogP contribution is 2.37. The molecule has 0 spiro atoms. The van der Waals surface area contributed by atoms with Crippen LogP contribution in [0, 0.1) is 5.92 Å². The monoisotopic (exact) mass is 388 g/mol. The summed E-state index contributed by atoms with van der Waals surface area (Å²) in [5.41, 5.74) is 0.725. The largest absolute Gasteiger partial charge is 0.391 e. The van der Waals surface area contributed by atoms with Crippen LogP contribution < -0.4 is 5.32 Å². The number of thiazole rings is 1. The molecule has 1 fully saturated rings. The molecule has 1 heterocycles. The molecule has 1 aliphatic carbocycles. The van der Waals surface area contributed by atoms with Gasteiger partial charge in [0.2, 0.25) is 0 Å². The second-order valence-corrected chi connectivity index (χ2v) is 7.52. The van der Waals surface area contributed by atoms with Gasteiger partial charge in [-0.1, -0.05) is 36.2 Å². The molecule has 134 valence electrons. The fourth-order valence-corrected chi connectivity index (χ4v) is 4.15. The molecule has 1 aliphatic rings. The fourth-order valence-electron chi connectivity index (χ4n) is 3.01. The van der Waals surface area contributed by atoms with Gasteiger partial charge in [-0.15, -0.1) is 11.3 Å². The van der Waals surface area contributed by atoms with Crippen LogP contribution in [0.1, 0.15) is 35.4 Å². The van der Waals surface area contributed by atoms with Crippen LogP contribution in [0.25, 0.3) is 10.6 Å². The van der Waals surface area contributed by atoms with E-state index in [0.717, 1.165) is 5.56 Å². The quantitative estimate of drug-likeness (QED) is 0.773. The lowest BCUT2D eigenvalue weighted by Crippen LogP contribution is -2.41. The van der Waals surface area contributed by atoms with Crippen LogP contribution in [0.4, 0.5) is 13.2 Å². The maximum absolute atomic E-state index is 12.9. The van der Waals surface area contributed by atoms with E-state index >= 15 is 0 Å². The van der Waals surface area contributed by atoms with Crippen molar-refractivity contribution in [1.29, 1.82) is 0 Å². The molecule has 1 saturated carbocycles. The Labute approximate surface area is 152 Å². The summed E-state index contributed by atoms with van der Waals surface area (Å²) in [5.74, 6) is -1.73. The van der Waals surface area contributed by atoms with Gasteiger partial charge in [-0.05, 0) is 25.3 Å². The molecule has 1 N–H and O–H groups in total. The summed E-state index contributed by atoms with van der Waals surface area (Å²) < 4.78 is 38.6. The summed E-state index contributed by atoms with van der Waals surface area (Å²) in [6, 6.07) is 6.70. The standard InChI is InChI=1S/C17H16ClF3N2OS/c18-13-7-2-1-6-12(13)16-22-9-14(25-16)15(24)23-11-5-3-4-10(8-11)17(19,20)21/h1-2,6-7,9-11H,3-5,8H2,(H,23,24). The van der Waals surface area contributed by atoms with Crippen molar-refractivity contribution < 1.29 is 18.0 Å². The van der Waals surface area contributed by atoms with E-state index in [4.69, 9.17) is 11.6 Å². The van der Waals surface area contributed by atoms with Crippen molar-refractivity contribution in [3.63, 3.8) is 0 Å². The molecule has 2 atom stereocenters. The molecule has 25 heavy (non-hydrogen) atoms. The Kier molecular flexibility index (Phi) is 5.34. The third-order valence-electron chi connectivity index (χ3n) is 4.31. The third-order valence-corrected chi connectivity index (χ3v) is 5.67. The number of carbonyl (C=O) groups excluding carboxylic acids is 1. The molecule has 2 aromatic rings. The predicted molar refractivity (Wildman–Crippen MR) is 91.8 cm³/mol. The molecule has 3 nitrogen and oxygen atoms in total. The van der Waals surface area contributed by atoms with Crippen molar-refractivity contribution in [2.75, 3.05) is 0 Å². The Morgan fingerprint density at radius 3 is 2.76 bits per heavy atom.